The van der Waals surface area contributed by atoms with Crippen LogP contribution in [0.25, 0.3) is 0 Å². The highest BCUT2D eigenvalue weighted by Crippen LogP contribution is 2.22. The van der Waals surface area contributed by atoms with E-state index in [0.29, 0.717) is 5.92 Å². The molecule has 0 spiro atoms. The van der Waals surface area contributed by atoms with Gasteiger partial charge >= 0.3 is 0 Å². The number of rotatable bonds is 4. The lowest BCUT2D eigenvalue weighted by Crippen LogP contribution is -2.48. The van der Waals surface area contributed by atoms with E-state index in [0.717, 1.165) is 32.5 Å². The maximum Gasteiger partial charge on any atom is 0.235 e. The zero-order valence-electron chi connectivity index (χ0n) is 12.4. The summed E-state index contributed by atoms with van der Waals surface area (Å²) in [7, 11) is 3.90. The minimum Gasteiger partial charge on any atom is -0.409 e. The van der Waals surface area contributed by atoms with E-state index in [1.807, 2.05) is 0 Å². The first-order chi connectivity index (χ1) is 8.78. The summed E-state index contributed by atoms with van der Waals surface area (Å²) < 4.78 is 0. The van der Waals surface area contributed by atoms with Gasteiger partial charge in [0, 0.05) is 13.6 Å². The molecule has 110 valence electrons. The monoisotopic (exact) mass is 270 g/mol. The lowest BCUT2D eigenvalue weighted by Gasteiger charge is -2.34. The Morgan fingerprint density at radius 2 is 2.00 bits per heavy atom. The number of piperidine rings is 1. The van der Waals surface area contributed by atoms with Gasteiger partial charge in [-0.15, -0.1) is 0 Å². The number of likely N-dealkylation sites (tertiary alicyclic amines) is 1. The molecule has 0 aromatic rings. The number of carbonyl (C=O) groups is 1. The van der Waals surface area contributed by atoms with Crippen molar-refractivity contribution in [3.8, 4) is 0 Å². The zero-order valence-corrected chi connectivity index (χ0v) is 12.4. The Hall–Kier alpha value is -1.30. The normalized spacial score (nSPS) is 19.5. The fourth-order valence-electron chi connectivity index (χ4n) is 2.43. The maximum atomic E-state index is 12.3. The molecule has 1 aliphatic rings. The number of hydrogen-bond acceptors (Lipinski definition) is 4. The molecule has 0 aromatic carbocycles. The van der Waals surface area contributed by atoms with Crippen LogP contribution in [-0.2, 0) is 4.79 Å². The molecule has 0 radical (unpaired) electrons. The lowest BCUT2D eigenvalue weighted by atomic mass is 9.89. The van der Waals surface area contributed by atoms with Crippen LogP contribution in [0.15, 0.2) is 5.16 Å². The summed E-state index contributed by atoms with van der Waals surface area (Å²) in [5, 5.41) is 11.7. The highest BCUT2D eigenvalue weighted by Gasteiger charge is 2.36. The Morgan fingerprint density at radius 1 is 1.47 bits per heavy atom. The number of hydrogen-bond donors (Lipinski definition) is 2. The van der Waals surface area contributed by atoms with Gasteiger partial charge < -0.3 is 20.7 Å². The van der Waals surface area contributed by atoms with Crippen LogP contribution >= 0.6 is 0 Å². The molecule has 6 heteroatoms. The molecule has 3 N–H and O–H groups in total. The second-order valence-corrected chi connectivity index (χ2v) is 6.04. The third-order valence-electron chi connectivity index (χ3n) is 4.00. The molecule has 0 saturated carbocycles. The standard InChI is InChI=1S/C13H26N4O2/c1-13(2,11(14)15-19)12(18)17(4)9-10-5-7-16(3)8-6-10/h10,19H,5-9H2,1-4H3,(H2,14,15). The van der Waals surface area contributed by atoms with Crippen LogP contribution in [0.2, 0.25) is 0 Å². The van der Waals surface area contributed by atoms with Crippen LogP contribution in [0.3, 0.4) is 0 Å². The van der Waals surface area contributed by atoms with Crippen molar-refractivity contribution in [2.45, 2.75) is 26.7 Å². The Morgan fingerprint density at radius 3 is 2.47 bits per heavy atom. The molecule has 1 amide bonds. The highest BCUT2D eigenvalue weighted by molar-refractivity contribution is 6.05. The first-order valence-electron chi connectivity index (χ1n) is 6.71. The Balaban J connectivity index is 2.58. The summed E-state index contributed by atoms with van der Waals surface area (Å²) in [5.41, 5.74) is 4.62. The maximum absolute atomic E-state index is 12.3. The molecule has 1 fully saturated rings. The van der Waals surface area contributed by atoms with Gasteiger partial charge in [-0.2, -0.15) is 0 Å². The first-order valence-corrected chi connectivity index (χ1v) is 6.71. The van der Waals surface area contributed by atoms with Crippen LogP contribution in [0.5, 0.6) is 0 Å². The summed E-state index contributed by atoms with van der Waals surface area (Å²) >= 11 is 0. The molecule has 0 aliphatic carbocycles. The molecule has 1 rings (SSSR count). The summed E-state index contributed by atoms with van der Waals surface area (Å²) in [6.45, 7) is 6.24. The molecule has 0 bridgehead atoms. The number of amidine groups is 1. The molecule has 1 saturated heterocycles. The van der Waals surface area contributed by atoms with Gasteiger partial charge in [0.1, 0.15) is 5.41 Å². The molecule has 1 aliphatic heterocycles. The second kappa shape index (κ2) is 6.23. The van der Waals surface area contributed by atoms with E-state index < -0.39 is 5.41 Å². The summed E-state index contributed by atoms with van der Waals surface area (Å²) in [6.07, 6.45) is 2.22. The molecule has 1 heterocycles. The second-order valence-electron chi connectivity index (χ2n) is 6.04. The van der Waals surface area contributed by atoms with Crippen LogP contribution in [0.1, 0.15) is 26.7 Å². The fourth-order valence-corrected chi connectivity index (χ4v) is 2.43. The minimum atomic E-state index is -0.963. The van der Waals surface area contributed by atoms with Crippen LogP contribution in [0, 0.1) is 11.3 Å². The van der Waals surface area contributed by atoms with Crippen LogP contribution in [0.4, 0.5) is 0 Å². The van der Waals surface area contributed by atoms with Crippen molar-refractivity contribution in [1.82, 2.24) is 9.80 Å². The smallest absolute Gasteiger partial charge is 0.235 e. The zero-order chi connectivity index (χ0) is 14.6. The van der Waals surface area contributed by atoms with E-state index in [4.69, 9.17) is 10.9 Å². The number of nitrogens with zero attached hydrogens (tertiary/aromatic N) is 3. The van der Waals surface area contributed by atoms with E-state index in [-0.39, 0.29) is 11.7 Å². The predicted molar refractivity (Wildman–Crippen MR) is 75.0 cm³/mol. The van der Waals surface area contributed by atoms with Crippen molar-refractivity contribution in [3.05, 3.63) is 0 Å². The number of carbonyl (C=O) groups excluding carboxylic acids is 1. The molecular formula is C13H26N4O2. The average molecular weight is 270 g/mol. The van der Waals surface area contributed by atoms with Gasteiger partial charge in [-0.05, 0) is 52.7 Å². The molecular weight excluding hydrogens is 244 g/mol. The highest BCUT2D eigenvalue weighted by atomic mass is 16.4. The number of amides is 1. The molecule has 6 nitrogen and oxygen atoms in total. The number of oxime groups is 1. The topological polar surface area (TPSA) is 82.2 Å². The summed E-state index contributed by atoms with van der Waals surface area (Å²) in [5.74, 6) is 0.377. The van der Waals surface area contributed by atoms with E-state index >= 15 is 0 Å². The van der Waals surface area contributed by atoms with E-state index in [1.165, 1.54) is 0 Å². The van der Waals surface area contributed by atoms with Gasteiger partial charge in [-0.25, -0.2) is 0 Å². The Bertz CT molecular complexity index is 347. The Labute approximate surface area is 115 Å². The SMILES string of the molecule is CN1CCC(CN(C)C(=O)C(C)(C)C(N)=NO)CC1. The fraction of sp³-hybridized carbons (Fsp3) is 0.846. The van der Waals surface area contributed by atoms with E-state index in [2.05, 4.69) is 17.1 Å². The largest absolute Gasteiger partial charge is 0.409 e. The van der Waals surface area contributed by atoms with Crippen molar-refractivity contribution in [3.63, 3.8) is 0 Å². The van der Waals surface area contributed by atoms with Gasteiger partial charge in [0.2, 0.25) is 5.91 Å². The van der Waals surface area contributed by atoms with Crippen molar-refractivity contribution in [1.29, 1.82) is 0 Å². The number of nitrogens with two attached hydrogens (primary N) is 1. The first kappa shape index (κ1) is 15.8. The lowest BCUT2D eigenvalue weighted by molar-refractivity contribution is -0.136. The third kappa shape index (κ3) is 3.83. The minimum absolute atomic E-state index is 0.0484. The quantitative estimate of drug-likeness (QED) is 0.338. The van der Waals surface area contributed by atoms with Crippen molar-refractivity contribution < 1.29 is 10.0 Å². The van der Waals surface area contributed by atoms with Gasteiger partial charge in [0.15, 0.2) is 5.84 Å². The molecule has 0 unspecified atom stereocenters. The van der Waals surface area contributed by atoms with Crippen molar-refractivity contribution in [2.24, 2.45) is 22.2 Å². The van der Waals surface area contributed by atoms with Crippen LogP contribution < -0.4 is 5.73 Å². The summed E-state index contributed by atoms with van der Waals surface area (Å²) in [4.78, 5) is 16.4. The van der Waals surface area contributed by atoms with Crippen LogP contribution in [-0.4, -0.2) is 60.5 Å². The van der Waals surface area contributed by atoms with Gasteiger partial charge in [-0.1, -0.05) is 5.16 Å². The van der Waals surface area contributed by atoms with Crippen molar-refractivity contribution in [2.75, 3.05) is 33.7 Å². The molecule has 0 atom stereocenters. The van der Waals surface area contributed by atoms with E-state index in [1.54, 1.807) is 25.8 Å². The van der Waals surface area contributed by atoms with Crippen molar-refractivity contribution >= 4 is 11.7 Å². The molecule has 19 heavy (non-hydrogen) atoms. The summed E-state index contributed by atoms with van der Waals surface area (Å²) in [6, 6.07) is 0. The third-order valence-corrected chi connectivity index (χ3v) is 4.00. The van der Waals surface area contributed by atoms with Gasteiger partial charge in [0.25, 0.3) is 0 Å². The Kier molecular flexibility index (Phi) is 5.17. The van der Waals surface area contributed by atoms with E-state index in [9.17, 15) is 4.79 Å². The van der Waals surface area contributed by atoms with Gasteiger partial charge in [-0.3, -0.25) is 4.79 Å². The molecule has 0 aromatic heterocycles. The van der Waals surface area contributed by atoms with Gasteiger partial charge in [0.05, 0.1) is 0 Å². The predicted octanol–water partition coefficient (Wildman–Crippen LogP) is 0.559. The average Bonchev–Trinajstić information content (AvgIpc) is 2.39.